The fraction of sp³-hybridized carbons (Fsp3) is 0.304. The highest BCUT2D eigenvalue weighted by Crippen LogP contribution is 2.44. The number of halogens is 8. The Morgan fingerprint density at radius 3 is 2.10 bits per heavy atom. The Bertz CT molecular complexity index is 1440. The van der Waals surface area contributed by atoms with Gasteiger partial charge in [0.15, 0.2) is 29.0 Å². The second-order valence-corrected chi connectivity index (χ2v) is 8.66. The van der Waals surface area contributed by atoms with Crippen molar-refractivity contribution >= 4 is 29.4 Å². The molecular formula is C23H15F8N3O6. The zero-order chi connectivity index (χ0) is 29.8. The highest BCUT2D eigenvalue weighted by Gasteiger charge is 2.52. The molecule has 40 heavy (non-hydrogen) atoms. The third-order valence-corrected chi connectivity index (χ3v) is 6.28. The maximum absolute atomic E-state index is 14.8. The van der Waals surface area contributed by atoms with Gasteiger partial charge in [-0.2, -0.15) is 8.78 Å². The van der Waals surface area contributed by atoms with Crippen LogP contribution in [0.3, 0.4) is 0 Å². The second kappa shape index (κ2) is 9.95. The van der Waals surface area contributed by atoms with E-state index in [1.165, 1.54) is 0 Å². The Balaban J connectivity index is 1.79. The smallest absolute Gasteiger partial charge is 0.480 e. The van der Waals surface area contributed by atoms with Crippen LogP contribution < -0.4 is 9.64 Å². The molecule has 0 radical (unpaired) electrons. The lowest BCUT2D eigenvalue weighted by Crippen LogP contribution is -2.61. The quantitative estimate of drug-likeness (QED) is 0.338. The number of rotatable bonds is 4. The molecule has 3 amide bonds. The average molecular weight is 581 g/mol. The van der Waals surface area contributed by atoms with Gasteiger partial charge in [0.25, 0.3) is 0 Å². The molecule has 0 aromatic heterocycles. The van der Waals surface area contributed by atoms with Crippen molar-refractivity contribution < 1.29 is 64.1 Å². The van der Waals surface area contributed by atoms with Crippen molar-refractivity contribution in [3.05, 3.63) is 47.0 Å². The van der Waals surface area contributed by atoms with Gasteiger partial charge < -0.3 is 19.6 Å². The van der Waals surface area contributed by atoms with Crippen molar-refractivity contribution in [1.82, 2.24) is 9.80 Å². The topological polar surface area (TPSA) is 107 Å². The molecule has 0 saturated carbocycles. The standard InChI is InChI=1S/C23H15F8N3O6/c1-8(35)32-2-3-33(12(6-32)21(37)38)14(36)7-34-11-4-9(10(24)5-13(11)40-23(30,31)22(34)39)15-16(25)18(27)20(29)19(28)17(15)26/h4-5,12H,2-3,6-7H2,1H3,(H,37,38). The first-order chi connectivity index (χ1) is 18.6. The summed E-state index contributed by atoms with van der Waals surface area (Å²) in [5, 5.41) is 9.51. The van der Waals surface area contributed by atoms with E-state index in [1.54, 1.807) is 0 Å². The molecule has 1 saturated heterocycles. The third kappa shape index (κ3) is 4.64. The zero-order valence-corrected chi connectivity index (χ0v) is 19.9. The molecule has 214 valence electrons. The number of fused-ring (bicyclic) bond motifs is 1. The molecule has 1 fully saturated rings. The van der Waals surface area contributed by atoms with E-state index in [0.29, 0.717) is 4.90 Å². The molecule has 1 unspecified atom stereocenters. The lowest BCUT2D eigenvalue weighted by molar-refractivity contribution is -0.193. The van der Waals surface area contributed by atoms with Gasteiger partial charge in [-0.15, -0.1) is 0 Å². The number of hydrogen-bond donors (Lipinski definition) is 1. The average Bonchev–Trinajstić information content (AvgIpc) is 2.89. The molecule has 1 atom stereocenters. The normalized spacial score (nSPS) is 18.4. The van der Waals surface area contributed by atoms with Gasteiger partial charge in [0.2, 0.25) is 17.6 Å². The van der Waals surface area contributed by atoms with Gasteiger partial charge in [0.05, 0.1) is 17.8 Å². The van der Waals surface area contributed by atoms with E-state index in [2.05, 4.69) is 4.74 Å². The fourth-order valence-electron chi connectivity index (χ4n) is 4.28. The van der Waals surface area contributed by atoms with Crippen LogP contribution >= 0.6 is 0 Å². The number of carbonyl (C=O) groups excluding carboxylic acids is 3. The molecule has 17 heteroatoms. The summed E-state index contributed by atoms with van der Waals surface area (Å²) in [6.07, 6.45) is -4.70. The summed E-state index contributed by atoms with van der Waals surface area (Å²) < 4.78 is 117. The largest absolute Gasteiger partial charge is 0.482 e. The number of amides is 3. The predicted molar refractivity (Wildman–Crippen MR) is 115 cm³/mol. The number of carboxylic acid groups (broad SMARTS) is 1. The fourth-order valence-corrected chi connectivity index (χ4v) is 4.28. The molecule has 2 aliphatic heterocycles. The summed E-state index contributed by atoms with van der Waals surface area (Å²) in [5.74, 6) is -20.9. The van der Waals surface area contributed by atoms with Crippen LogP contribution in [0, 0.1) is 34.9 Å². The molecule has 1 N–H and O–H groups in total. The first-order valence-corrected chi connectivity index (χ1v) is 11.1. The zero-order valence-electron chi connectivity index (χ0n) is 19.9. The summed E-state index contributed by atoms with van der Waals surface area (Å²) >= 11 is 0. The van der Waals surface area contributed by atoms with Crippen molar-refractivity contribution in [2.45, 2.75) is 19.1 Å². The molecule has 2 aliphatic rings. The lowest BCUT2D eigenvalue weighted by Gasteiger charge is -2.40. The number of aliphatic carboxylic acids is 1. The van der Waals surface area contributed by atoms with E-state index < -0.39 is 113 Å². The molecule has 2 aromatic carbocycles. The summed E-state index contributed by atoms with van der Waals surface area (Å²) in [7, 11) is 0. The Kier molecular flexibility index (Phi) is 7.10. The number of hydrogen-bond acceptors (Lipinski definition) is 5. The van der Waals surface area contributed by atoms with Gasteiger partial charge in [-0.25, -0.2) is 31.1 Å². The maximum atomic E-state index is 14.8. The summed E-state index contributed by atoms with van der Waals surface area (Å²) in [5.41, 5.74) is -4.07. The number of benzene rings is 2. The van der Waals surface area contributed by atoms with Gasteiger partial charge in [-0.3, -0.25) is 19.3 Å². The van der Waals surface area contributed by atoms with Gasteiger partial charge in [0, 0.05) is 31.6 Å². The monoisotopic (exact) mass is 581 g/mol. The minimum atomic E-state index is -4.70. The first kappa shape index (κ1) is 28.6. The molecule has 9 nitrogen and oxygen atoms in total. The summed E-state index contributed by atoms with van der Waals surface area (Å²) in [4.78, 5) is 50.7. The van der Waals surface area contributed by atoms with Crippen LogP contribution in [0.25, 0.3) is 11.1 Å². The van der Waals surface area contributed by atoms with E-state index in [4.69, 9.17) is 0 Å². The highest BCUT2D eigenvalue weighted by molar-refractivity contribution is 6.05. The Morgan fingerprint density at radius 2 is 1.55 bits per heavy atom. The minimum absolute atomic E-state index is 0.00753. The molecule has 0 spiro atoms. The number of alkyl halides is 2. The molecule has 2 heterocycles. The molecule has 0 bridgehead atoms. The molecule has 2 aromatic rings. The van der Waals surface area contributed by atoms with Crippen LogP contribution in [0.4, 0.5) is 40.8 Å². The second-order valence-electron chi connectivity index (χ2n) is 8.66. The van der Waals surface area contributed by atoms with Crippen LogP contribution in [-0.2, 0) is 19.2 Å². The number of piperazine rings is 1. The summed E-state index contributed by atoms with van der Waals surface area (Å²) in [6.45, 7) is -1.21. The van der Waals surface area contributed by atoms with Crippen LogP contribution in [-0.4, -0.2) is 76.9 Å². The summed E-state index contributed by atoms with van der Waals surface area (Å²) in [6, 6.07) is -1.30. The van der Waals surface area contributed by atoms with Crippen LogP contribution in [0.15, 0.2) is 12.1 Å². The van der Waals surface area contributed by atoms with E-state index >= 15 is 0 Å². The van der Waals surface area contributed by atoms with E-state index in [1.807, 2.05) is 0 Å². The van der Waals surface area contributed by atoms with Crippen LogP contribution in [0.5, 0.6) is 5.75 Å². The first-order valence-electron chi connectivity index (χ1n) is 11.1. The Hall–Kier alpha value is -4.44. The number of nitrogens with zero attached hydrogens (tertiary/aromatic N) is 3. The van der Waals surface area contributed by atoms with Gasteiger partial charge in [0.1, 0.15) is 18.4 Å². The van der Waals surface area contributed by atoms with Gasteiger partial charge in [-0.05, 0) is 6.07 Å². The van der Waals surface area contributed by atoms with Crippen LogP contribution in [0.2, 0.25) is 0 Å². The number of anilines is 1. The Morgan fingerprint density at radius 1 is 0.975 bits per heavy atom. The predicted octanol–water partition coefficient (Wildman–Crippen LogP) is 2.65. The SMILES string of the molecule is CC(=O)N1CCN(C(=O)CN2C(=O)C(F)(F)Oc3cc(F)c(-c4c(F)c(F)c(F)c(F)c4F)cc32)C(C(=O)O)C1. The highest BCUT2D eigenvalue weighted by atomic mass is 19.3. The van der Waals surface area contributed by atoms with Crippen molar-refractivity contribution in [2.24, 2.45) is 0 Å². The van der Waals surface area contributed by atoms with Crippen molar-refractivity contribution in [3.63, 3.8) is 0 Å². The van der Waals surface area contributed by atoms with E-state index in [-0.39, 0.29) is 23.6 Å². The molecule has 0 aliphatic carbocycles. The lowest BCUT2D eigenvalue weighted by atomic mass is 10.0. The van der Waals surface area contributed by atoms with Crippen molar-refractivity contribution in [1.29, 1.82) is 0 Å². The number of ether oxygens (including phenoxy) is 1. The molecular weight excluding hydrogens is 566 g/mol. The van der Waals surface area contributed by atoms with Gasteiger partial charge in [-0.1, -0.05) is 0 Å². The van der Waals surface area contributed by atoms with E-state index in [9.17, 15) is 59.4 Å². The van der Waals surface area contributed by atoms with E-state index in [0.717, 1.165) is 11.8 Å². The third-order valence-electron chi connectivity index (χ3n) is 6.28. The molecule has 4 rings (SSSR count). The number of carboxylic acids is 1. The van der Waals surface area contributed by atoms with Gasteiger partial charge >= 0.3 is 18.0 Å². The number of carbonyl (C=O) groups is 4. The Labute approximate surface area is 218 Å². The van der Waals surface area contributed by atoms with Crippen molar-refractivity contribution in [2.75, 3.05) is 31.1 Å². The minimum Gasteiger partial charge on any atom is -0.480 e. The van der Waals surface area contributed by atoms with Crippen molar-refractivity contribution in [3.8, 4) is 16.9 Å². The van der Waals surface area contributed by atoms with Crippen LogP contribution in [0.1, 0.15) is 6.92 Å². The maximum Gasteiger partial charge on any atom is 0.482 e.